The van der Waals surface area contributed by atoms with Crippen LogP contribution < -0.4 is 0 Å². The van der Waals surface area contributed by atoms with Gasteiger partial charge < -0.3 is 4.74 Å². The molecule has 0 aliphatic heterocycles. The van der Waals surface area contributed by atoms with Gasteiger partial charge in [0.05, 0.1) is 5.69 Å². The molecule has 0 aliphatic carbocycles. The second kappa shape index (κ2) is 10.0. The van der Waals surface area contributed by atoms with Crippen LogP contribution in [0.2, 0.25) is 0 Å². The zero-order chi connectivity index (χ0) is 13.8. The predicted octanol–water partition coefficient (Wildman–Crippen LogP) is 4.48. The second-order valence-corrected chi connectivity index (χ2v) is 3.79. The Hall–Kier alpha value is -1.93. The molecule has 0 saturated heterocycles. The fourth-order valence-corrected chi connectivity index (χ4v) is 1.41. The topological polar surface area (TPSA) is 21.6 Å². The summed E-state index contributed by atoms with van der Waals surface area (Å²) in [5.41, 5.74) is 2.10. The normalized spacial score (nSPS) is 10.0. The molecule has 0 saturated carbocycles. The van der Waals surface area contributed by atoms with E-state index in [1.807, 2.05) is 80.7 Å². The van der Waals surface area contributed by atoms with Crippen molar-refractivity contribution >= 4 is 11.9 Å². The summed E-state index contributed by atoms with van der Waals surface area (Å²) >= 11 is 0. The molecular formula is C17H21NO. The number of para-hydroxylation sites is 1. The third-order valence-corrected chi connectivity index (χ3v) is 2.33. The van der Waals surface area contributed by atoms with Gasteiger partial charge in [0.15, 0.2) is 0 Å². The van der Waals surface area contributed by atoms with Gasteiger partial charge in [0.1, 0.15) is 0 Å². The summed E-state index contributed by atoms with van der Waals surface area (Å²) in [5.74, 6) is 0. The lowest BCUT2D eigenvalue weighted by molar-refractivity contribution is 0.162. The van der Waals surface area contributed by atoms with Gasteiger partial charge in [-0.05, 0) is 31.5 Å². The number of nitrogens with zero attached hydrogens (tertiary/aromatic N) is 1. The first-order valence-corrected chi connectivity index (χ1v) is 6.58. The van der Waals surface area contributed by atoms with Gasteiger partial charge in [-0.1, -0.05) is 48.5 Å². The van der Waals surface area contributed by atoms with Gasteiger partial charge >= 0.3 is 0 Å². The van der Waals surface area contributed by atoms with Crippen molar-refractivity contribution in [1.82, 2.24) is 0 Å². The van der Waals surface area contributed by atoms with Crippen molar-refractivity contribution in [2.75, 3.05) is 13.2 Å². The van der Waals surface area contributed by atoms with E-state index in [-0.39, 0.29) is 0 Å². The molecule has 2 heteroatoms. The van der Waals surface area contributed by atoms with E-state index in [1.165, 1.54) is 0 Å². The maximum Gasteiger partial charge on any atom is 0.0629 e. The Kier molecular flexibility index (Phi) is 7.99. The number of hydrogen-bond acceptors (Lipinski definition) is 2. The van der Waals surface area contributed by atoms with Crippen LogP contribution in [0, 0.1) is 0 Å². The maximum atomic E-state index is 4.83. The average Bonchev–Trinajstić information content (AvgIpc) is 2.49. The highest BCUT2D eigenvalue weighted by Gasteiger charge is 1.85. The van der Waals surface area contributed by atoms with Gasteiger partial charge in [-0.15, -0.1) is 0 Å². The molecule has 0 fully saturated rings. The molecule has 0 spiro atoms. The molecule has 2 nitrogen and oxygen atoms in total. The van der Waals surface area contributed by atoms with Crippen LogP contribution in [0.5, 0.6) is 0 Å². The van der Waals surface area contributed by atoms with Gasteiger partial charge in [-0.3, -0.25) is 4.99 Å². The molecule has 0 heterocycles. The standard InChI is InChI=1S/C13H11N.C4H10O/c1-3-7-12(8-4-1)11-14-13-9-5-2-6-10-13;1-3-5-4-2/h1-11H;3-4H2,1-2H3. The largest absolute Gasteiger partial charge is 0.382 e. The van der Waals surface area contributed by atoms with Crippen molar-refractivity contribution in [1.29, 1.82) is 0 Å². The van der Waals surface area contributed by atoms with Crippen LogP contribution in [0.4, 0.5) is 5.69 Å². The fourth-order valence-electron chi connectivity index (χ4n) is 1.41. The van der Waals surface area contributed by atoms with E-state index in [1.54, 1.807) is 0 Å². The Morgan fingerprint density at radius 3 is 1.84 bits per heavy atom. The molecule has 0 unspecified atom stereocenters. The van der Waals surface area contributed by atoms with E-state index in [2.05, 4.69) is 4.99 Å². The highest BCUT2D eigenvalue weighted by Crippen LogP contribution is 2.09. The molecule has 2 rings (SSSR count). The number of rotatable bonds is 4. The summed E-state index contributed by atoms with van der Waals surface area (Å²) in [6.07, 6.45) is 1.87. The molecular weight excluding hydrogens is 234 g/mol. The summed E-state index contributed by atoms with van der Waals surface area (Å²) in [7, 11) is 0. The predicted molar refractivity (Wildman–Crippen MR) is 82.3 cm³/mol. The lowest BCUT2D eigenvalue weighted by Gasteiger charge is -1.92. The quantitative estimate of drug-likeness (QED) is 0.738. The van der Waals surface area contributed by atoms with Crippen molar-refractivity contribution in [2.45, 2.75) is 13.8 Å². The number of ether oxygens (including phenoxy) is 1. The molecule has 19 heavy (non-hydrogen) atoms. The Morgan fingerprint density at radius 1 is 0.842 bits per heavy atom. The van der Waals surface area contributed by atoms with Crippen LogP contribution >= 0.6 is 0 Å². The Morgan fingerprint density at radius 2 is 1.37 bits per heavy atom. The van der Waals surface area contributed by atoms with E-state index in [4.69, 9.17) is 4.74 Å². The Bertz CT molecular complexity index is 408. The summed E-state index contributed by atoms with van der Waals surface area (Å²) < 4.78 is 4.83. The number of aliphatic imine (C=N–C) groups is 1. The second-order valence-electron chi connectivity index (χ2n) is 3.79. The molecule has 100 valence electrons. The molecule has 0 N–H and O–H groups in total. The number of hydrogen-bond donors (Lipinski definition) is 0. The van der Waals surface area contributed by atoms with Crippen molar-refractivity contribution in [3.63, 3.8) is 0 Å². The summed E-state index contributed by atoms with van der Waals surface area (Å²) in [6, 6.07) is 20.0. The Balaban J connectivity index is 0.000000312. The number of benzene rings is 2. The van der Waals surface area contributed by atoms with Gasteiger partial charge in [0, 0.05) is 19.4 Å². The van der Waals surface area contributed by atoms with Gasteiger partial charge in [0.2, 0.25) is 0 Å². The maximum absolute atomic E-state index is 4.83. The van der Waals surface area contributed by atoms with Crippen LogP contribution in [0.25, 0.3) is 0 Å². The molecule has 0 aromatic heterocycles. The van der Waals surface area contributed by atoms with Crippen LogP contribution in [-0.4, -0.2) is 19.4 Å². The summed E-state index contributed by atoms with van der Waals surface area (Å²) in [5, 5.41) is 0. The van der Waals surface area contributed by atoms with E-state index >= 15 is 0 Å². The smallest absolute Gasteiger partial charge is 0.0629 e. The lowest BCUT2D eigenvalue weighted by atomic mass is 10.2. The highest BCUT2D eigenvalue weighted by molar-refractivity contribution is 5.81. The monoisotopic (exact) mass is 255 g/mol. The summed E-state index contributed by atoms with van der Waals surface area (Å²) in [4.78, 5) is 4.35. The van der Waals surface area contributed by atoms with Crippen LogP contribution in [0.3, 0.4) is 0 Å². The average molecular weight is 255 g/mol. The van der Waals surface area contributed by atoms with Crippen LogP contribution in [-0.2, 0) is 4.74 Å². The molecule has 0 bridgehead atoms. The Labute approximate surface area is 115 Å². The van der Waals surface area contributed by atoms with E-state index in [0.29, 0.717) is 0 Å². The van der Waals surface area contributed by atoms with E-state index in [0.717, 1.165) is 24.5 Å². The lowest BCUT2D eigenvalue weighted by Crippen LogP contribution is -1.84. The zero-order valence-electron chi connectivity index (χ0n) is 11.6. The molecule has 0 amide bonds. The zero-order valence-corrected chi connectivity index (χ0v) is 11.6. The van der Waals surface area contributed by atoms with Gasteiger partial charge in [0.25, 0.3) is 0 Å². The SMILES string of the molecule is C(=Nc1ccccc1)c1ccccc1.CCOCC. The van der Waals surface area contributed by atoms with Crippen molar-refractivity contribution in [3.05, 3.63) is 66.2 Å². The first-order valence-electron chi connectivity index (χ1n) is 6.58. The van der Waals surface area contributed by atoms with Gasteiger partial charge in [-0.25, -0.2) is 0 Å². The fraction of sp³-hybridized carbons (Fsp3) is 0.235. The first kappa shape index (κ1) is 15.1. The van der Waals surface area contributed by atoms with Crippen LogP contribution in [0.1, 0.15) is 19.4 Å². The first-order chi connectivity index (χ1) is 9.36. The third-order valence-electron chi connectivity index (χ3n) is 2.33. The van der Waals surface area contributed by atoms with E-state index in [9.17, 15) is 0 Å². The molecule has 0 radical (unpaired) electrons. The van der Waals surface area contributed by atoms with Gasteiger partial charge in [-0.2, -0.15) is 0 Å². The van der Waals surface area contributed by atoms with Crippen molar-refractivity contribution < 1.29 is 4.74 Å². The molecule has 2 aromatic rings. The minimum atomic E-state index is 0.844. The molecule has 0 atom stereocenters. The third kappa shape index (κ3) is 7.17. The minimum absolute atomic E-state index is 0.844. The summed E-state index contributed by atoms with van der Waals surface area (Å²) in [6.45, 7) is 5.67. The molecule has 0 aliphatic rings. The highest BCUT2D eigenvalue weighted by atomic mass is 16.5. The van der Waals surface area contributed by atoms with E-state index < -0.39 is 0 Å². The van der Waals surface area contributed by atoms with Crippen LogP contribution in [0.15, 0.2) is 65.7 Å². The minimum Gasteiger partial charge on any atom is -0.382 e. The molecule has 2 aromatic carbocycles. The van der Waals surface area contributed by atoms with Crippen molar-refractivity contribution in [3.8, 4) is 0 Å². The van der Waals surface area contributed by atoms with Crippen molar-refractivity contribution in [2.24, 2.45) is 4.99 Å².